The van der Waals surface area contributed by atoms with Gasteiger partial charge in [0, 0.05) is 32.1 Å². The van der Waals surface area contributed by atoms with E-state index >= 15 is 0 Å². The fourth-order valence-electron chi connectivity index (χ4n) is 1.59. The van der Waals surface area contributed by atoms with E-state index in [-0.39, 0.29) is 10.8 Å². The number of ether oxygens (including phenoxy) is 1. The van der Waals surface area contributed by atoms with Crippen molar-refractivity contribution < 1.29 is 17.9 Å². The van der Waals surface area contributed by atoms with Crippen molar-refractivity contribution >= 4 is 15.7 Å². The first kappa shape index (κ1) is 15.7. The van der Waals surface area contributed by atoms with Gasteiger partial charge in [-0.05, 0) is 31.0 Å². The van der Waals surface area contributed by atoms with Crippen LogP contribution in [0.4, 0.5) is 0 Å². The molecule has 0 radical (unpaired) electrons. The molecule has 106 valence electrons. The first-order valence-corrected chi connectivity index (χ1v) is 7.83. The van der Waals surface area contributed by atoms with Crippen LogP contribution in [0.1, 0.15) is 22.3 Å². The van der Waals surface area contributed by atoms with Crippen LogP contribution in [-0.2, 0) is 14.6 Å². The molecular formula is C13H19NO4S. The summed E-state index contributed by atoms with van der Waals surface area (Å²) in [4.78, 5) is 12.1. The SMILES string of the molecule is COCCCNC(=O)c1cc(S(C)(=O)=O)ccc1C. The third-order valence-electron chi connectivity index (χ3n) is 2.69. The van der Waals surface area contributed by atoms with Crippen molar-refractivity contribution in [3.05, 3.63) is 29.3 Å². The van der Waals surface area contributed by atoms with Gasteiger partial charge in [-0.15, -0.1) is 0 Å². The summed E-state index contributed by atoms with van der Waals surface area (Å²) in [5.74, 6) is -0.265. The fourth-order valence-corrected chi connectivity index (χ4v) is 2.24. The molecule has 0 saturated carbocycles. The van der Waals surface area contributed by atoms with E-state index in [1.165, 1.54) is 12.1 Å². The molecule has 0 aliphatic carbocycles. The lowest BCUT2D eigenvalue weighted by molar-refractivity contribution is 0.0948. The number of hydrogen-bond acceptors (Lipinski definition) is 4. The minimum Gasteiger partial charge on any atom is -0.385 e. The molecule has 0 bridgehead atoms. The topological polar surface area (TPSA) is 72.5 Å². The second-order valence-corrected chi connectivity index (χ2v) is 6.37. The van der Waals surface area contributed by atoms with Gasteiger partial charge in [0.15, 0.2) is 9.84 Å². The summed E-state index contributed by atoms with van der Waals surface area (Å²) in [5, 5.41) is 2.74. The predicted molar refractivity (Wildman–Crippen MR) is 73.1 cm³/mol. The smallest absolute Gasteiger partial charge is 0.251 e. The zero-order valence-corrected chi connectivity index (χ0v) is 12.2. The van der Waals surface area contributed by atoms with Crippen LogP contribution >= 0.6 is 0 Å². The molecule has 0 saturated heterocycles. The van der Waals surface area contributed by atoms with Crippen LogP contribution < -0.4 is 5.32 Å². The zero-order chi connectivity index (χ0) is 14.5. The average Bonchev–Trinajstić information content (AvgIpc) is 2.33. The van der Waals surface area contributed by atoms with Gasteiger partial charge in [0.25, 0.3) is 5.91 Å². The molecule has 1 aromatic carbocycles. The van der Waals surface area contributed by atoms with Crippen molar-refractivity contribution in [2.24, 2.45) is 0 Å². The second-order valence-electron chi connectivity index (χ2n) is 4.35. The second kappa shape index (κ2) is 6.68. The molecule has 0 spiro atoms. The monoisotopic (exact) mass is 285 g/mol. The van der Waals surface area contributed by atoms with Gasteiger partial charge < -0.3 is 10.1 Å². The Morgan fingerprint density at radius 2 is 2.05 bits per heavy atom. The third kappa shape index (κ3) is 4.65. The van der Waals surface area contributed by atoms with Crippen LogP contribution in [0.15, 0.2) is 23.1 Å². The molecule has 6 heteroatoms. The number of sulfone groups is 1. The molecule has 19 heavy (non-hydrogen) atoms. The van der Waals surface area contributed by atoms with Crippen molar-refractivity contribution in [1.29, 1.82) is 0 Å². The van der Waals surface area contributed by atoms with Crippen LogP contribution in [0.3, 0.4) is 0 Å². The standard InChI is InChI=1S/C13H19NO4S/c1-10-5-6-11(19(3,16)17)9-12(10)13(15)14-7-4-8-18-2/h5-6,9H,4,7-8H2,1-3H3,(H,14,15). The molecule has 0 heterocycles. The number of methoxy groups -OCH3 is 1. The Bertz CT molecular complexity index is 552. The van der Waals surface area contributed by atoms with Crippen LogP contribution in [-0.4, -0.2) is 40.8 Å². The van der Waals surface area contributed by atoms with Gasteiger partial charge in [-0.2, -0.15) is 0 Å². The van der Waals surface area contributed by atoms with Crippen molar-refractivity contribution in [2.45, 2.75) is 18.2 Å². The Labute approximate surface area is 113 Å². The number of carbonyl (C=O) groups is 1. The lowest BCUT2D eigenvalue weighted by Crippen LogP contribution is -2.26. The molecule has 1 rings (SSSR count). The van der Waals surface area contributed by atoms with Gasteiger partial charge in [-0.25, -0.2) is 8.42 Å². The number of nitrogens with one attached hydrogen (secondary N) is 1. The lowest BCUT2D eigenvalue weighted by atomic mass is 10.1. The highest BCUT2D eigenvalue weighted by molar-refractivity contribution is 7.90. The van der Waals surface area contributed by atoms with Gasteiger partial charge in [0.2, 0.25) is 0 Å². The Hall–Kier alpha value is -1.40. The van der Waals surface area contributed by atoms with E-state index in [9.17, 15) is 13.2 Å². The van der Waals surface area contributed by atoms with Crippen molar-refractivity contribution in [3.8, 4) is 0 Å². The summed E-state index contributed by atoms with van der Waals surface area (Å²) in [7, 11) is -1.71. The summed E-state index contributed by atoms with van der Waals surface area (Å²) in [6, 6.07) is 4.56. The Balaban J connectivity index is 2.84. The van der Waals surface area contributed by atoms with E-state index < -0.39 is 9.84 Å². The van der Waals surface area contributed by atoms with E-state index in [0.29, 0.717) is 25.1 Å². The van der Waals surface area contributed by atoms with Gasteiger partial charge >= 0.3 is 0 Å². The fraction of sp³-hybridized carbons (Fsp3) is 0.462. The molecule has 0 fully saturated rings. The van der Waals surface area contributed by atoms with Gasteiger partial charge in [-0.1, -0.05) is 6.07 Å². The summed E-state index contributed by atoms with van der Waals surface area (Å²) in [5.41, 5.74) is 1.14. The molecule has 0 aromatic heterocycles. The first-order valence-electron chi connectivity index (χ1n) is 5.94. The largest absolute Gasteiger partial charge is 0.385 e. The summed E-state index contributed by atoms with van der Waals surface area (Å²) in [6.07, 6.45) is 1.84. The molecule has 0 aliphatic rings. The Morgan fingerprint density at radius 3 is 2.63 bits per heavy atom. The van der Waals surface area contributed by atoms with E-state index in [2.05, 4.69) is 5.32 Å². The highest BCUT2D eigenvalue weighted by Crippen LogP contribution is 2.15. The van der Waals surface area contributed by atoms with Crippen LogP contribution in [0.2, 0.25) is 0 Å². The van der Waals surface area contributed by atoms with Gasteiger partial charge in [-0.3, -0.25) is 4.79 Å². The zero-order valence-electron chi connectivity index (χ0n) is 11.4. The third-order valence-corrected chi connectivity index (χ3v) is 3.80. The lowest BCUT2D eigenvalue weighted by Gasteiger charge is -2.09. The molecule has 1 amide bonds. The van der Waals surface area contributed by atoms with E-state index in [1.807, 2.05) is 0 Å². The van der Waals surface area contributed by atoms with E-state index in [1.54, 1.807) is 20.1 Å². The number of carbonyl (C=O) groups excluding carboxylic acids is 1. The minimum atomic E-state index is -3.30. The molecule has 1 N–H and O–H groups in total. The van der Waals surface area contributed by atoms with E-state index in [4.69, 9.17) is 4.74 Å². The highest BCUT2D eigenvalue weighted by atomic mass is 32.2. The maximum atomic E-state index is 12.0. The Kier molecular flexibility index (Phi) is 5.50. The molecule has 5 nitrogen and oxygen atoms in total. The molecule has 0 aliphatic heterocycles. The Morgan fingerprint density at radius 1 is 1.37 bits per heavy atom. The summed E-state index contributed by atoms with van der Waals surface area (Å²) < 4.78 is 27.8. The first-order chi connectivity index (χ1) is 8.86. The van der Waals surface area contributed by atoms with Gasteiger partial charge in [0.1, 0.15) is 0 Å². The van der Waals surface area contributed by atoms with Crippen molar-refractivity contribution in [2.75, 3.05) is 26.5 Å². The predicted octanol–water partition coefficient (Wildman–Crippen LogP) is 1.16. The normalized spacial score (nSPS) is 11.3. The van der Waals surface area contributed by atoms with Crippen molar-refractivity contribution in [1.82, 2.24) is 5.32 Å². The average molecular weight is 285 g/mol. The number of benzene rings is 1. The summed E-state index contributed by atoms with van der Waals surface area (Å²) in [6.45, 7) is 2.84. The van der Waals surface area contributed by atoms with Crippen LogP contribution in [0, 0.1) is 6.92 Å². The maximum Gasteiger partial charge on any atom is 0.251 e. The quantitative estimate of drug-likeness (QED) is 0.796. The van der Waals surface area contributed by atoms with Gasteiger partial charge in [0.05, 0.1) is 4.90 Å². The number of rotatable bonds is 6. The molecule has 1 aromatic rings. The number of hydrogen-bond donors (Lipinski definition) is 1. The maximum absolute atomic E-state index is 12.0. The molecular weight excluding hydrogens is 266 g/mol. The van der Waals surface area contributed by atoms with Crippen LogP contribution in [0.5, 0.6) is 0 Å². The summed E-state index contributed by atoms with van der Waals surface area (Å²) >= 11 is 0. The molecule has 0 atom stereocenters. The van der Waals surface area contributed by atoms with E-state index in [0.717, 1.165) is 11.8 Å². The minimum absolute atomic E-state index is 0.153. The number of amides is 1. The highest BCUT2D eigenvalue weighted by Gasteiger charge is 2.13. The molecule has 0 unspecified atom stereocenters. The van der Waals surface area contributed by atoms with Crippen LogP contribution in [0.25, 0.3) is 0 Å². The van der Waals surface area contributed by atoms with Crippen molar-refractivity contribution in [3.63, 3.8) is 0 Å². The number of aryl methyl sites for hydroxylation is 1.